The van der Waals surface area contributed by atoms with Crippen molar-refractivity contribution in [2.75, 3.05) is 39.3 Å². The molecule has 6 heteroatoms. The number of rotatable bonds is 6. The van der Waals surface area contributed by atoms with Gasteiger partial charge in [-0.2, -0.15) is 0 Å². The molecule has 2 aliphatic rings. The summed E-state index contributed by atoms with van der Waals surface area (Å²) in [6.45, 7) is 8.65. The zero-order chi connectivity index (χ0) is 18.4. The summed E-state index contributed by atoms with van der Waals surface area (Å²) in [5.74, 6) is 0.718. The van der Waals surface area contributed by atoms with E-state index in [0.29, 0.717) is 12.6 Å². The first-order valence-corrected chi connectivity index (χ1v) is 9.74. The molecule has 0 bridgehead atoms. The first-order chi connectivity index (χ1) is 12.6. The van der Waals surface area contributed by atoms with Crippen molar-refractivity contribution in [3.8, 4) is 0 Å². The first-order valence-electron chi connectivity index (χ1n) is 9.74. The molecule has 2 saturated heterocycles. The highest BCUT2D eigenvalue weighted by atomic mass is 16.5. The van der Waals surface area contributed by atoms with Crippen LogP contribution in [0.25, 0.3) is 0 Å². The number of aliphatic imine (C=N–C) groups is 1. The Morgan fingerprint density at radius 3 is 2.92 bits per heavy atom. The summed E-state index contributed by atoms with van der Waals surface area (Å²) in [6.07, 6.45) is 2.73. The van der Waals surface area contributed by atoms with Crippen molar-refractivity contribution >= 4 is 5.96 Å². The van der Waals surface area contributed by atoms with Gasteiger partial charge in [-0.3, -0.25) is 4.90 Å². The Labute approximate surface area is 156 Å². The van der Waals surface area contributed by atoms with Crippen molar-refractivity contribution in [2.24, 2.45) is 4.99 Å². The summed E-state index contributed by atoms with van der Waals surface area (Å²) in [4.78, 5) is 7.13. The molecule has 0 aromatic heterocycles. The Bertz CT molecular complexity index is 591. The predicted molar refractivity (Wildman–Crippen MR) is 104 cm³/mol. The highest BCUT2D eigenvalue weighted by Gasteiger charge is 2.32. The summed E-state index contributed by atoms with van der Waals surface area (Å²) in [6, 6.07) is 10.3. The van der Waals surface area contributed by atoms with Crippen LogP contribution in [0.5, 0.6) is 0 Å². The van der Waals surface area contributed by atoms with Crippen LogP contribution in [0.4, 0.5) is 0 Å². The Morgan fingerprint density at radius 1 is 1.35 bits per heavy atom. The van der Waals surface area contributed by atoms with Crippen molar-refractivity contribution in [3.05, 3.63) is 35.9 Å². The van der Waals surface area contributed by atoms with Gasteiger partial charge in [0.25, 0.3) is 0 Å². The number of hydrogen-bond donors (Lipinski definition) is 3. The minimum absolute atomic E-state index is 0.183. The molecule has 6 nitrogen and oxygen atoms in total. The lowest BCUT2D eigenvalue weighted by molar-refractivity contribution is -0.0453. The SMILES string of the molecule is CCNC(=NCC(C)(O)c1ccccc1)NCC1CN2CCCC2CO1. The Kier molecular flexibility index (Phi) is 6.51. The van der Waals surface area contributed by atoms with E-state index in [1.807, 2.05) is 37.3 Å². The molecule has 26 heavy (non-hydrogen) atoms. The van der Waals surface area contributed by atoms with Crippen molar-refractivity contribution in [1.82, 2.24) is 15.5 Å². The third-order valence-corrected chi connectivity index (χ3v) is 5.24. The molecular formula is C20H32N4O2. The molecule has 2 fully saturated rings. The van der Waals surface area contributed by atoms with E-state index in [1.165, 1.54) is 19.4 Å². The highest BCUT2D eigenvalue weighted by Crippen LogP contribution is 2.22. The number of fused-ring (bicyclic) bond motifs is 1. The van der Waals surface area contributed by atoms with Gasteiger partial charge in [0, 0.05) is 25.7 Å². The minimum atomic E-state index is -0.992. The van der Waals surface area contributed by atoms with Gasteiger partial charge >= 0.3 is 0 Å². The maximum Gasteiger partial charge on any atom is 0.191 e. The average molecular weight is 361 g/mol. The maximum atomic E-state index is 10.7. The number of aliphatic hydroxyl groups is 1. The molecular weight excluding hydrogens is 328 g/mol. The van der Waals surface area contributed by atoms with E-state index in [2.05, 4.69) is 20.5 Å². The molecule has 2 heterocycles. The fraction of sp³-hybridized carbons (Fsp3) is 0.650. The van der Waals surface area contributed by atoms with Gasteiger partial charge in [0.15, 0.2) is 5.96 Å². The van der Waals surface area contributed by atoms with E-state index in [9.17, 15) is 5.11 Å². The van der Waals surface area contributed by atoms with Gasteiger partial charge in [0.05, 0.1) is 19.3 Å². The molecule has 3 unspecified atom stereocenters. The van der Waals surface area contributed by atoms with Gasteiger partial charge < -0.3 is 20.5 Å². The number of ether oxygens (including phenoxy) is 1. The van der Waals surface area contributed by atoms with Crippen LogP contribution in [-0.2, 0) is 10.3 Å². The summed E-state index contributed by atoms with van der Waals surface area (Å²) < 4.78 is 6.00. The summed E-state index contributed by atoms with van der Waals surface area (Å²) in [5, 5.41) is 17.4. The normalized spacial score (nSPS) is 26.2. The molecule has 144 valence electrons. The number of benzene rings is 1. The second kappa shape index (κ2) is 8.84. The number of morpholine rings is 1. The van der Waals surface area contributed by atoms with E-state index in [0.717, 1.165) is 37.8 Å². The van der Waals surface area contributed by atoms with Crippen LogP contribution in [0.1, 0.15) is 32.3 Å². The molecule has 3 atom stereocenters. The maximum absolute atomic E-state index is 10.7. The van der Waals surface area contributed by atoms with Crippen molar-refractivity contribution < 1.29 is 9.84 Å². The molecule has 0 radical (unpaired) electrons. The Hall–Kier alpha value is -1.63. The predicted octanol–water partition coefficient (Wildman–Crippen LogP) is 1.31. The summed E-state index contributed by atoms with van der Waals surface area (Å²) in [7, 11) is 0. The molecule has 0 aliphatic carbocycles. The molecule has 0 spiro atoms. The lowest BCUT2D eigenvalue weighted by atomic mass is 9.96. The molecule has 0 amide bonds. The van der Waals surface area contributed by atoms with Crippen LogP contribution in [-0.4, -0.2) is 67.4 Å². The van der Waals surface area contributed by atoms with Gasteiger partial charge in [0.2, 0.25) is 0 Å². The number of nitrogens with zero attached hydrogens (tertiary/aromatic N) is 2. The second-order valence-corrected chi connectivity index (χ2v) is 7.46. The Balaban J connectivity index is 1.54. The lowest BCUT2D eigenvalue weighted by Gasteiger charge is -2.35. The van der Waals surface area contributed by atoms with Crippen molar-refractivity contribution in [3.63, 3.8) is 0 Å². The summed E-state index contributed by atoms with van der Waals surface area (Å²) >= 11 is 0. The first kappa shape index (κ1) is 19.1. The van der Waals surface area contributed by atoms with Crippen molar-refractivity contribution in [2.45, 2.75) is 44.4 Å². The minimum Gasteiger partial charge on any atom is -0.384 e. The highest BCUT2D eigenvalue weighted by molar-refractivity contribution is 5.79. The lowest BCUT2D eigenvalue weighted by Crippen LogP contribution is -2.51. The quantitative estimate of drug-likeness (QED) is 0.527. The van der Waals surface area contributed by atoms with Gasteiger partial charge in [-0.1, -0.05) is 30.3 Å². The van der Waals surface area contributed by atoms with Crippen LogP contribution in [0, 0.1) is 0 Å². The summed E-state index contributed by atoms with van der Waals surface area (Å²) in [5.41, 5.74) is -0.122. The number of hydrogen-bond acceptors (Lipinski definition) is 4. The topological polar surface area (TPSA) is 69.1 Å². The zero-order valence-electron chi connectivity index (χ0n) is 15.9. The third-order valence-electron chi connectivity index (χ3n) is 5.24. The van der Waals surface area contributed by atoms with Gasteiger partial charge in [-0.05, 0) is 38.8 Å². The Morgan fingerprint density at radius 2 is 2.15 bits per heavy atom. The molecule has 0 saturated carbocycles. The van der Waals surface area contributed by atoms with Crippen LogP contribution in [0.15, 0.2) is 35.3 Å². The standard InChI is InChI=1S/C20H32N4O2/c1-3-21-19(23-15-20(2,25)16-8-5-4-6-9-16)22-12-18-13-24-11-7-10-17(24)14-26-18/h4-6,8-9,17-18,25H,3,7,10-15H2,1-2H3,(H2,21,22,23). The fourth-order valence-electron chi connectivity index (χ4n) is 3.68. The van der Waals surface area contributed by atoms with E-state index < -0.39 is 5.60 Å². The largest absolute Gasteiger partial charge is 0.384 e. The van der Waals surface area contributed by atoms with Gasteiger partial charge in [0.1, 0.15) is 5.60 Å². The van der Waals surface area contributed by atoms with E-state index in [-0.39, 0.29) is 6.10 Å². The smallest absolute Gasteiger partial charge is 0.191 e. The zero-order valence-corrected chi connectivity index (χ0v) is 15.9. The third kappa shape index (κ3) is 4.96. The van der Waals surface area contributed by atoms with Crippen LogP contribution >= 0.6 is 0 Å². The molecule has 2 aliphatic heterocycles. The molecule has 3 rings (SSSR count). The van der Waals surface area contributed by atoms with E-state index >= 15 is 0 Å². The van der Waals surface area contributed by atoms with Gasteiger partial charge in [-0.15, -0.1) is 0 Å². The van der Waals surface area contributed by atoms with Gasteiger partial charge in [-0.25, -0.2) is 4.99 Å². The number of guanidine groups is 1. The second-order valence-electron chi connectivity index (χ2n) is 7.46. The molecule has 1 aromatic rings. The number of nitrogens with one attached hydrogen (secondary N) is 2. The fourth-order valence-corrected chi connectivity index (χ4v) is 3.68. The van der Waals surface area contributed by atoms with E-state index in [1.54, 1.807) is 6.92 Å². The van der Waals surface area contributed by atoms with Crippen LogP contribution in [0.3, 0.4) is 0 Å². The average Bonchev–Trinajstić information content (AvgIpc) is 3.12. The van der Waals surface area contributed by atoms with E-state index in [4.69, 9.17) is 4.74 Å². The monoisotopic (exact) mass is 360 g/mol. The van der Waals surface area contributed by atoms with Crippen LogP contribution < -0.4 is 10.6 Å². The molecule has 3 N–H and O–H groups in total. The van der Waals surface area contributed by atoms with Crippen LogP contribution in [0.2, 0.25) is 0 Å². The molecule has 1 aromatic carbocycles. The van der Waals surface area contributed by atoms with Crippen molar-refractivity contribution in [1.29, 1.82) is 0 Å².